The Morgan fingerprint density at radius 2 is 2.10 bits per heavy atom. The van der Waals surface area contributed by atoms with Crippen molar-refractivity contribution in [2.45, 2.75) is 50.9 Å². The molecule has 4 rings (SSSR count). The van der Waals surface area contributed by atoms with E-state index in [1.807, 2.05) is 41.3 Å². The summed E-state index contributed by atoms with van der Waals surface area (Å²) in [6.07, 6.45) is 6.82. The third-order valence-corrected chi connectivity index (χ3v) is 6.73. The minimum atomic E-state index is -1.05. The van der Waals surface area contributed by atoms with E-state index in [2.05, 4.69) is 6.92 Å². The third kappa shape index (κ3) is 4.43. The minimum Gasteiger partial charge on any atom is -0.481 e. The topological polar surface area (TPSA) is 66.8 Å². The third-order valence-electron chi connectivity index (χ3n) is 6.22. The van der Waals surface area contributed by atoms with Crippen LogP contribution in [0.15, 0.2) is 47.5 Å². The molecule has 0 bridgehead atoms. The van der Waals surface area contributed by atoms with Gasteiger partial charge in [-0.1, -0.05) is 54.4 Å². The van der Waals surface area contributed by atoms with Crippen molar-refractivity contribution in [3.05, 3.63) is 58.1 Å². The highest BCUT2D eigenvalue weighted by atomic mass is 35.5. The summed E-state index contributed by atoms with van der Waals surface area (Å²) in [6.45, 7) is 2.71. The Bertz CT molecular complexity index is 910. The predicted molar refractivity (Wildman–Crippen MR) is 115 cm³/mol. The van der Waals surface area contributed by atoms with Gasteiger partial charge in [-0.15, -0.1) is 0 Å². The molecule has 2 fully saturated rings. The van der Waals surface area contributed by atoms with Crippen LogP contribution >= 0.6 is 23.2 Å². The van der Waals surface area contributed by atoms with E-state index in [-0.39, 0.29) is 18.4 Å². The van der Waals surface area contributed by atoms with Crippen LogP contribution in [0.1, 0.15) is 44.3 Å². The van der Waals surface area contributed by atoms with Crippen LogP contribution in [0, 0.1) is 11.3 Å². The molecule has 30 heavy (non-hydrogen) atoms. The molecule has 2 aliphatic carbocycles. The molecule has 7 heteroatoms. The van der Waals surface area contributed by atoms with Crippen LogP contribution in [0.5, 0.6) is 0 Å². The van der Waals surface area contributed by atoms with Gasteiger partial charge in [-0.05, 0) is 49.0 Å². The van der Waals surface area contributed by atoms with Crippen molar-refractivity contribution in [3.8, 4) is 0 Å². The monoisotopic (exact) mass is 449 g/mol. The van der Waals surface area contributed by atoms with Crippen LogP contribution < -0.4 is 0 Å². The number of aliphatic carboxylic acids is 1. The molecule has 0 spiro atoms. The Hall–Kier alpha value is -1.82. The summed E-state index contributed by atoms with van der Waals surface area (Å²) in [6, 6.07) is 7.09. The number of halogens is 2. The lowest BCUT2D eigenvalue weighted by atomic mass is 9.71. The number of morpholine rings is 1. The van der Waals surface area contributed by atoms with Gasteiger partial charge in [0.25, 0.3) is 5.91 Å². The van der Waals surface area contributed by atoms with Gasteiger partial charge < -0.3 is 14.7 Å². The van der Waals surface area contributed by atoms with E-state index in [1.54, 1.807) is 6.07 Å². The number of ether oxygens (including phenoxy) is 1. The predicted octanol–water partition coefficient (Wildman–Crippen LogP) is 4.95. The van der Waals surface area contributed by atoms with Gasteiger partial charge in [0.2, 0.25) is 0 Å². The average Bonchev–Trinajstić information content (AvgIpc) is 3.51. The summed E-state index contributed by atoms with van der Waals surface area (Å²) in [4.78, 5) is 26.7. The van der Waals surface area contributed by atoms with Gasteiger partial charge >= 0.3 is 5.97 Å². The first kappa shape index (κ1) is 21.4. The van der Waals surface area contributed by atoms with Crippen LogP contribution in [0.2, 0.25) is 5.02 Å². The van der Waals surface area contributed by atoms with Crippen molar-refractivity contribution in [1.82, 2.24) is 4.90 Å². The maximum atomic E-state index is 13.4. The summed E-state index contributed by atoms with van der Waals surface area (Å²) in [7, 11) is 0. The molecule has 1 heterocycles. The van der Waals surface area contributed by atoms with E-state index in [0.717, 1.165) is 18.4 Å². The zero-order valence-electron chi connectivity index (χ0n) is 16.8. The van der Waals surface area contributed by atoms with Crippen LogP contribution in [-0.4, -0.2) is 40.6 Å². The maximum absolute atomic E-state index is 13.4. The van der Waals surface area contributed by atoms with Gasteiger partial charge in [-0.3, -0.25) is 9.59 Å². The van der Waals surface area contributed by atoms with E-state index >= 15 is 0 Å². The molecule has 0 aromatic heterocycles. The van der Waals surface area contributed by atoms with Crippen molar-refractivity contribution in [2.24, 2.45) is 11.3 Å². The Morgan fingerprint density at radius 3 is 2.70 bits per heavy atom. The highest BCUT2D eigenvalue weighted by Crippen LogP contribution is 2.48. The summed E-state index contributed by atoms with van der Waals surface area (Å²) < 4.78 is 6.22. The smallest absolute Gasteiger partial charge is 0.306 e. The number of nitrogens with zero attached hydrogens (tertiary/aromatic N) is 1. The summed E-state index contributed by atoms with van der Waals surface area (Å²) in [5.74, 6) is -0.848. The van der Waals surface area contributed by atoms with E-state index in [4.69, 9.17) is 27.9 Å². The van der Waals surface area contributed by atoms with Gasteiger partial charge in [0.05, 0.1) is 12.5 Å². The first-order valence-corrected chi connectivity index (χ1v) is 11.0. The van der Waals surface area contributed by atoms with Gasteiger partial charge in [-0.25, -0.2) is 0 Å². The van der Waals surface area contributed by atoms with Crippen LogP contribution in [0.25, 0.3) is 0 Å². The molecule has 160 valence electrons. The lowest BCUT2D eigenvalue weighted by molar-refractivity contribution is -0.186. The number of carboxylic acids is 1. The van der Waals surface area contributed by atoms with E-state index < -0.39 is 23.6 Å². The number of carbonyl (C=O) groups excluding carboxylic acids is 1. The summed E-state index contributed by atoms with van der Waals surface area (Å²) in [5.41, 5.74) is 0.427. The summed E-state index contributed by atoms with van der Waals surface area (Å²) >= 11 is 12.4. The Morgan fingerprint density at radius 1 is 1.33 bits per heavy atom. The van der Waals surface area contributed by atoms with Gasteiger partial charge in [0.1, 0.15) is 12.2 Å². The molecular weight excluding hydrogens is 425 g/mol. The fourth-order valence-corrected chi connectivity index (χ4v) is 4.80. The number of allylic oxidation sites excluding steroid dienone is 3. The fourth-order valence-electron chi connectivity index (χ4n) is 4.46. The number of hydrogen-bond acceptors (Lipinski definition) is 3. The number of benzene rings is 1. The maximum Gasteiger partial charge on any atom is 0.306 e. The minimum absolute atomic E-state index is 0.247. The fraction of sp³-hybridized carbons (Fsp3) is 0.478. The zero-order chi connectivity index (χ0) is 21.5. The lowest BCUT2D eigenvalue weighted by Gasteiger charge is -2.51. The van der Waals surface area contributed by atoms with Crippen molar-refractivity contribution < 1.29 is 19.4 Å². The van der Waals surface area contributed by atoms with Crippen LogP contribution in [-0.2, 0) is 14.3 Å². The summed E-state index contributed by atoms with van der Waals surface area (Å²) in [5, 5.41) is 10.6. The molecule has 1 aromatic carbocycles. The zero-order valence-corrected chi connectivity index (χ0v) is 18.3. The van der Waals surface area contributed by atoms with Gasteiger partial charge in [0, 0.05) is 22.0 Å². The first-order valence-electron chi connectivity index (χ1n) is 10.2. The number of carbonyl (C=O) groups is 2. The molecule has 1 N–H and O–H groups in total. The van der Waals surface area contributed by atoms with Crippen molar-refractivity contribution >= 4 is 35.1 Å². The molecule has 0 radical (unpaired) electrons. The normalized spacial score (nSPS) is 31.6. The molecule has 1 saturated heterocycles. The second kappa shape index (κ2) is 8.37. The molecule has 4 unspecified atom stereocenters. The first-order chi connectivity index (χ1) is 14.3. The van der Waals surface area contributed by atoms with E-state index in [9.17, 15) is 14.7 Å². The molecule has 1 aliphatic heterocycles. The van der Waals surface area contributed by atoms with Crippen LogP contribution in [0.4, 0.5) is 0 Å². The second-order valence-electron chi connectivity index (χ2n) is 8.71. The highest BCUT2D eigenvalue weighted by Gasteiger charge is 2.52. The average molecular weight is 450 g/mol. The number of carboxylic acid groups (broad SMARTS) is 1. The van der Waals surface area contributed by atoms with Crippen molar-refractivity contribution in [1.29, 1.82) is 0 Å². The number of hydrogen-bond donors (Lipinski definition) is 1. The lowest BCUT2D eigenvalue weighted by Crippen LogP contribution is -2.61. The SMILES string of the molecule is CC1(C2C(c3cccc(Cl)c3)OC(CC(=O)O)C(=O)N2CC2CC2)C=CC(Cl)=CC1. The van der Waals surface area contributed by atoms with Crippen LogP contribution in [0.3, 0.4) is 0 Å². The van der Waals surface area contributed by atoms with Gasteiger partial charge in [-0.2, -0.15) is 0 Å². The van der Waals surface area contributed by atoms with E-state index in [0.29, 0.717) is 28.9 Å². The Labute approximate surface area is 186 Å². The van der Waals surface area contributed by atoms with Crippen molar-refractivity contribution in [2.75, 3.05) is 6.54 Å². The van der Waals surface area contributed by atoms with Crippen molar-refractivity contribution in [3.63, 3.8) is 0 Å². The molecule has 1 aromatic rings. The Kier molecular flexibility index (Phi) is 5.97. The molecule has 1 amide bonds. The number of amides is 1. The molecular formula is C23H25Cl2NO4. The quantitative estimate of drug-likeness (QED) is 0.666. The second-order valence-corrected chi connectivity index (χ2v) is 9.58. The molecule has 4 atom stereocenters. The molecule has 1 saturated carbocycles. The van der Waals surface area contributed by atoms with E-state index in [1.165, 1.54) is 0 Å². The Balaban J connectivity index is 1.78. The molecule has 3 aliphatic rings. The number of rotatable bonds is 6. The largest absolute Gasteiger partial charge is 0.481 e. The highest BCUT2D eigenvalue weighted by molar-refractivity contribution is 6.31. The molecule has 5 nitrogen and oxygen atoms in total. The standard InChI is InChI=1S/C23H25Cl2NO4/c1-23(9-7-16(24)8-10-23)21-20(15-3-2-4-17(25)11-15)30-18(12-19(27)28)22(29)26(21)13-14-5-6-14/h2-4,7-9,11,14,18,20-21H,5-6,10,12-13H2,1H3,(H,27,28). The van der Waals surface area contributed by atoms with Gasteiger partial charge in [0.15, 0.2) is 0 Å².